The van der Waals surface area contributed by atoms with Crippen LogP contribution in [0.3, 0.4) is 0 Å². The summed E-state index contributed by atoms with van der Waals surface area (Å²) in [6.07, 6.45) is 1.67. The second kappa shape index (κ2) is 8.61. The molecule has 0 atom stereocenters. The smallest absolute Gasteiger partial charge is 0.293 e. The number of halogens is 1. The van der Waals surface area contributed by atoms with Crippen LogP contribution in [-0.2, 0) is 11.4 Å². The van der Waals surface area contributed by atoms with Crippen LogP contribution in [0.25, 0.3) is 6.08 Å². The van der Waals surface area contributed by atoms with Gasteiger partial charge in [-0.1, -0.05) is 22.0 Å². The minimum atomic E-state index is -0.321. The number of imide groups is 1. The molecule has 0 saturated carbocycles. The molecule has 0 aromatic heterocycles. The van der Waals surface area contributed by atoms with Crippen molar-refractivity contribution in [3.63, 3.8) is 0 Å². The average molecular weight is 492 g/mol. The van der Waals surface area contributed by atoms with E-state index in [1.54, 1.807) is 18.2 Å². The lowest BCUT2D eigenvalue weighted by molar-refractivity contribution is -0.121. The average Bonchev–Trinajstić information content (AvgIpc) is 3.29. The minimum Gasteiger partial charge on any atom is -0.490 e. The summed E-state index contributed by atoms with van der Waals surface area (Å²) in [4.78, 5) is 25.4. The van der Waals surface area contributed by atoms with Crippen molar-refractivity contribution in [3.05, 3.63) is 50.8 Å². The molecule has 2 amide bonds. The van der Waals surface area contributed by atoms with E-state index < -0.39 is 0 Å². The summed E-state index contributed by atoms with van der Waals surface area (Å²) < 4.78 is 23.2. The topological polar surface area (TPSA) is 74.3 Å². The molecule has 1 saturated heterocycles. The first kappa shape index (κ1) is 20.6. The SMILES string of the molecule is CCOc1cc(/C=C2\SC(=O)N(C)C2=O)c(Br)cc1OCc1ccc2c(c1)OCO2. The fourth-order valence-corrected chi connectivity index (χ4v) is 4.18. The maximum Gasteiger partial charge on any atom is 0.293 e. The predicted octanol–water partition coefficient (Wildman–Crippen LogP) is 4.82. The third-order valence-electron chi connectivity index (χ3n) is 4.47. The molecule has 0 aliphatic carbocycles. The highest BCUT2D eigenvalue weighted by molar-refractivity contribution is 9.10. The van der Waals surface area contributed by atoms with Crippen LogP contribution in [0.1, 0.15) is 18.1 Å². The van der Waals surface area contributed by atoms with Gasteiger partial charge in [-0.25, -0.2) is 0 Å². The van der Waals surface area contributed by atoms with Crippen LogP contribution in [0.5, 0.6) is 23.0 Å². The van der Waals surface area contributed by atoms with E-state index in [0.717, 1.165) is 32.4 Å². The van der Waals surface area contributed by atoms with Crippen molar-refractivity contribution in [2.45, 2.75) is 13.5 Å². The van der Waals surface area contributed by atoms with Gasteiger partial charge in [-0.2, -0.15) is 0 Å². The lowest BCUT2D eigenvalue weighted by Crippen LogP contribution is -2.22. The summed E-state index contributed by atoms with van der Waals surface area (Å²) in [6.45, 7) is 2.87. The maximum absolute atomic E-state index is 12.2. The molecule has 9 heteroatoms. The molecule has 2 aromatic rings. The van der Waals surface area contributed by atoms with Crippen LogP contribution in [0, 0.1) is 0 Å². The molecule has 156 valence electrons. The Hall–Kier alpha value is -2.65. The fourth-order valence-electron chi connectivity index (χ4n) is 2.92. The molecule has 0 bridgehead atoms. The van der Waals surface area contributed by atoms with E-state index in [1.165, 1.54) is 7.05 Å². The normalized spacial score (nSPS) is 16.5. The van der Waals surface area contributed by atoms with Gasteiger partial charge in [-0.15, -0.1) is 0 Å². The Morgan fingerprint density at radius 3 is 2.63 bits per heavy atom. The molecule has 2 aromatic carbocycles. The number of benzene rings is 2. The zero-order valence-corrected chi connectivity index (χ0v) is 18.7. The molecule has 2 aliphatic heterocycles. The number of amides is 2. The fraction of sp³-hybridized carbons (Fsp3) is 0.238. The van der Waals surface area contributed by atoms with E-state index in [4.69, 9.17) is 18.9 Å². The lowest BCUT2D eigenvalue weighted by atomic mass is 10.1. The molecule has 2 aliphatic rings. The largest absolute Gasteiger partial charge is 0.490 e. The van der Waals surface area contributed by atoms with Crippen molar-refractivity contribution in [2.24, 2.45) is 0 Å². The highest BCUT2D eigenvalue weighted by Gasteiger charge is 2.32. The van der Waals surface area contributed by atoms with Gasteiger partial charge in [0.25, 0.3) is 11.1 Å². The summed E-state index contributed by atoms with van der Waals surface area (Å²) >= 11 is 4.43. The van der Waals surface area contributed by atoms with Gasteiger partial charge in [0.1, 0.15) is 6.61 Å². The number of hydrogen-bond acceptors (Lipinski definition) is 7. The van der Waals surface area contributed by atoms with E-state index in [1.807, 2.05) is 25.1 Å². The number of hydrogen-bond donors (Lipinski definition) is 0. The second-order valence-electron chi connectivity index (χ2n) is 6.47. The summed E-state index contributed by atoms with van der Waals surface area (Å²) in [6, 6.07) is 9.22. The van der Waals surface area contributed by atoms with Crippen molar-refractivity contribution in [2.75, 3.05) is 20.4 Å². The first-order valence-electron chi connectivity index (χ1n) is 9.15. The standard InChI is InChI=1S/C21H18BrNO6S/c1-3-26-17-7-13(8-19-20(24)23(2)21(25)30-19)14(22)9-18(17)27-10-12-4-5-15-16(6-12)29-11-28-15/h4-9H,3,10-11H2,1-2H3/b19-8-. The molecule has 0 spiro atoms. The summed E-state index contributed by atoms with van der Waals surface area (Å²) in [5.41, 5.74) is 1.64. The maximum atomic E-state index is 12.2. The van der Waals surface area contributed by atoms with Gasteiger partial charge in [0.15, 0.2) is 23.0 Å². The Balaban J connectivity index is 1.57. The number of thioether (sulfide) groups is 1. The number of fused-ring (bicyclic) bond motifs is 1. The quantitative estimate of drug-likeness (QED) is 0.536. The van der Waals surface area contributed by atoms with Crippen molar-refractivity contribution in [1.82, 2.24) is 4.90 Å². The number of carbonyl (C=O) groups is 2. The van der Waals surface area contributed by atoms with E-state index in [-0.39, 0.29) is 17.9 Å². The third kappa shape index (κ3) is 4.13. The third-order valence-corrected chi connectivity index (χ3v) is 6.11. The van der Waals surface area contributed by atoms with Gasteiger partial charge in [-0.3, -0.25) is 14.5 Å². The molecular formula is C21H18BrNO6S. The zero-order valence-electron chi connectivity index (χ0n) is 16.3. The van der Waals surface area contributed by atoms with Gasteiger partial charge in [-0.05, 0) is 60.2 Å². The monoisotopic (exact) mass is 491 g/mol. The number of carbonyl (C=O) groups excluding carboxylic acids is 2. The molecule has 7 nitrogen and oxygen atoms in total. The molecule has 30 heavy (non-hydrogen) atoms. The highest BCUT2D eigenvalue weighted by atomic mass is 79.9. The first-order valence-corrected chi connectivity index (χ1v) is 10.8. The molecule has 0 N–H and O–H groups in total. The van der Waals surface area contributed by atoms with Crippen molar-refractivity contribution in [3.8, 4) is 23.0 Å². The second-order valence-corrected chi connectivity index (χ2v) is 8.32. The van der Waals surface area contributed by atoms with Crippen molar-refractivity contribution in [1.29, 1.82) is 0 Å². The first-order chi connectivity index (χ1) is 14.5. The Kier molecular flexibility index (Phi) is 5.92. The zero-order chi connectivity index (χ0) is 21.3. The molecule has 1 fully saturated rings. The molecule has 4 rings (SSSR count). The van der Waals surface area contributed by atoms with E-state index in [0.29, 0.717) is 40.9 Å². The van der Waals surface area contributed by atoms with Crippen LogP contribution < -0.4 is 18.9 Å². The van der Waals surface area contributed by atoms with Crippen LogP contribution >= 0.6 is 27.7 Å². The van der Waals surface area contributed by atoms with Crippen LogP contribution in [0.15, 0.2) is 39.7 Å². The van der Waals surface area contributed by atoms with Gasteiger partial charge >= 0.3 is 0 Å². The van der Waals surface area contributed by atoms with Crippen molar-refractivity contribution >= 4 is 44.9 Å². The molecule has 0 unspecified atom stereocenters. The number of rotatable bonds is 6. The Morgan fingerprint density at radius 2 is 1.90 bits per heavy atom. The van der Waals surface area contributed by atoms with Crippen molar-refractivity contribution < 1.29 is 28.5 Å². The summed E-state index contributed by atoms with van der Waals surface area (Å²) in [5, 5.41) is -0.295. The van der Waals surface area contributed by atoms with E-state index in [9.17, 15) is 9.59 Å². The number of likely N-dealkylation sites (N-methyl/N-ethyl adjacent to an activating group) is 1. The van der Waals surface area contributed by atoms with Gasteiger partial charge in [0.2, 0.25) is 6.79 Å². The van der Waals surface area contributed by atoms with Crippen LogP contribution in [0.2, 0.25) is 0 Å². The molecule has 0 radical (unpaired) electrons. The minimum absolute atomic E-state index is 0.222. The Labute approximate surface area is 186 Å². The van der Waals surface area contributed by atoms with E-state index in [2.05, 4.69) is 15.9 Å². The van der Waals surface area contributed by atoms with Crippen LogP contribution in [-0.4, -0.2) is 36.5 Å². The van der Waals surface area contributed by atoms with Gasteiger partial charge in [0, 0.05) is 11.5 Å². The van der Waals surface area contributed by atoms with Crippen LogP contribution in [0.4, 0.5) is 4.79 Å². The number of ether oxygens (including phenoxy) is 4. The van der Waals surface area contributed by atoms with Gasteiger partial charge in [0.05, 0.1) is 11.5 Å². The van der Waals surface area contributed by atoms with E-state index >= 15 is 0 Å². The lowest BCUT2D eigenvalue weighted by Gasteiger charge is -2.14. The Bertz CT molecular complexity index is 1050. The summed E-state index contributed by atoms with van der Waals surface area (Å²) in [7, 11) is 1.46. The highest BCUT2D eigenvalue weighted by Crippen LogP contribution is 2.38. The molecule has 2 heterocycles. The van der Waals surface area contributed by atoms with Gasteiger partial charge < -0.3 is 18.9 Å². The predicted molar refractivity (Wildman–Crippen MR) is 116 cm³/mol. The Morgan fingerprint density at radius 1 is 1.13 bits per heavy atom. The molecular weight excluding hydrogens is 474 g/mol. The summed E-state index contributed by atoms with van der Waals surface area (Å²) in [5.74, 6) is 2.20. The number of nitrogens with zero attached hydrogens (tertiary/aromatic N) is 1.